The van der Waals surface area contributed by atoms with E-state index in [1.54, 1.807) is 0 Å². The van der Waals surface area contributed by atoms with Crippen LogP contribution in [0.2, 0.25) is 18.1 Å². The molecule has 1 aliphatic rings. The van der Waals surface area contributed by atoms with E-state index in [2.05, 4.69) is 39.2 Å². The second-order valence-corrected chi connectivity index (χ2v) is 14.2. The normalized spacial score (nSPS) is 28.6. The summed E-state index contributed by atoms with van der Waals surface area (Å²) in [7, 11) is -2.21. The van der Waals surface area contributed by atoms with Crippen molar-refractivity contribution < 1.29 is 28.3 Å². The minimum atomic E-state index is -2.21. The average molecular weight is 420 g/mol. The number of hydrogen-bond acceptors (Lipinski definition) is 7. The molecule has 0 aromatic carbocycles. The Labute approximate surface area is 167 Å². The third kappa shape index (κ3) is 5.96. The summed E-state index contributed by atoms with van der Waals surface area (Å²) in [6, 6.07) is -0.595. The Morgan fingerprint density at radius 3 is 1.78 bits per heavy atom. The molecule has 0 aromatic heterocycles. The van der Waals surface area contributed by atoms with Crippen molar-refractivity contribution in [2.24, 2.45) is 0 Å². The molecule has 1 amide bonds. The average Bonchev–Trinajstić information content (AvgIpc) is 2.69. The molecule has 27 heavy (non-hydrogen) atoms. The van der Waals surface area contributed by atoms with Crippen LogP contribution in [0.3, 0.4) is 0 Å². The van der Waals surface area contributed by atoms with E-state index >= 15 is 0 Å². The molecule has 1 aliphatic carbocycles. The first-order valence-electron chi connectivity index (χ1n) is 9.03. The Morgan fingerprint density at radius 1 is 0.926 bits per heavy atom. The number of carbonyl (C=O) groups excluding carboxylic acids is 3. The summed E-state index contributed by atoms with van der Waals surface area (Å²) in [5, 5.41) is 2.54. The molecule has 1 saturated carbocycles. The summed E-state index contributed by atoms with van der Waals surface area (Å²) in [6.45, 7) is 14.6. The van der Waals surface area contributed by atoms with Gasteiger partial charge < -0.3 is 19.2 Å². The minimum Gasteiger partial charge on any atom is -0.457 e. The fourth-order valence-electron chi connectivity index (χ4n) is 2.95. The number of rotatable bonds is 6. The third-order valence-electron chi connectivity index (χ3n) is 5.16. The lowest BCUT2D eigenvalue weighted by atomic mass is 10.1. The largest absolute Gasteiger partial charge is 0.457 e. The predicted octanol–water partition coefficient (Wildman–Crippen LogP) is 2.49. The van der Waals surface area contributed by atoms with Gasteiger partial charge in [-0.2, -0.15) is 11.8 Å². The quantitative estimate of drug-likeness (QED) is 0.522. The molecule has 5 atom stereocenters. The Kier molecular flexibility index (Phi) is 7.95. The van der Waals surface area contributed by atoms with Gasteiger partial charge in [-0.3, -0.25) is 14.4 Å². The molecular formula is C18H33NO6SSi. The maximum Gasteiger partial charge on any atom is 0.303 e. The zero-order valence-corrected chi connectivity index (χ0v) is 19.6. The number of amides is 1. The van der Waals surface area contributed by atoms with Crippen LogP contribution >= 0.6 is 11.8 Å². The van der Waals surface area contributed by atoms with Crippen LogP contribution in [0.5, 0.6) is 0 Å². The summed E-state index contributed by atoms with van der Waals surface area (Å²) in [4.78, 5) is 35.2. The Morgan fingerprint density at radius 2 is 1.41 bits per heavy atom. The molecule has 0 heterocycles. The van der Waals surface area contributed by atoms with Crippen molar-refractivity contribution in [2.75, 3.05) is 6.26 Å². The number of nitrogens with one attached hydrogen (secondary N) is 1. The highest BCUT2D eigenvalue weighted by atomic mass is 32.2. The van der Waals surface area contributed by atoms with Crippen molar-refractivity contribution in [3.8, 4) is 0 Å². The van der Waals surface area contributed by atoms with Gasteiger partial charge in [0.25, 0.3) is 0 Å². The van der Waals surface area contributed by atoms with Crippen LogP contribution < -0.4 is 5.32 Å². The van der Waals surface area contributed by atoms with Gasteiger partial charge in [-0.25, -0.2) is 0 Å². The van der Waals surface area contributed by atoms with E-state index in [0.29, 0.717) is 0 Å². The zero-order valence-electron chi connectivity index (χ0n) is 17.7. The number of hydrogen-bond donors (Lipinski definition) is 1. The molecule has 1 rings (SSSR count). The van der Waals surface area contributed by atoms with Crippen LogP contribution in [0.4, 0.5) is 0 Å². The number of ether oxygens (including phenoxy) is 2. The number of carbonyl (C=O) groups is 3. The van der Waals surface area contributed by atoms with E-state index in [4.69, 9.17) is 13.9 Å². The van der Waals surface area contributed by atoms with Crippen LogP contribution in [-0.4, -0.2) is 62.0 Å². The van der Waals surface area contributed by atoms with Gasteiger partial charge in [0.1, 0.15) is 0 Å². The van der Waals surface area contributed by atoms with E-state index in [0.717, 1.165) is 0 Å². The molecule has 7 nitrogen and oxygen atoms in total. The maximum absolute atomic E-state index is 11.9. The SMILES string of the molecule is CS[C@H]1[C@H](O[Si](C)(C)C(C)(C)C)[C@H](NC(C)=O)[C@H](OC(C)=O)[C@@H]1OC(C)=O. The predicted molar refractivity (Wildman–Crippen MR) is 108 cm³/mol. The zero-order chi connectivity index (χ0) is 21.2. The van der Waals surface area contributed by atoms with E-state index in [1.807, 2.05) is 6.26 Å². The summed E-state index contributed by atoms with van der Waals surface area (Å²) < 4.78 is 17.6. The second-order valence-electron chi connectivity index (χ2n) is 8.42. The van der Waals surface area contributed by atoms with E-state index in [9.17, 15) is 14.4 Å². The van der Waals surface area contributed by atoms with Gasteiger partial charge in [-0.05, 0) is 24.4 Å². The smallest absolute Gasteiger partial charge is 0.303 e. The van der Waals surface area contributed by atoms with Gasteiger partial charge >= 0.3 is 11.9 Å². The van der Waals surface area contributed by atoms with Crippen molar-refractivity contribution in [1.82, 2.24) is 5.32 Å². The summed E-state index contributed by atoms with van der Waals surface area (Å²) >= 11 is 1.48. The van der Waals surface area contributed by atoms with Crippen LogP contribution in [-0.2, 0) is 28.3 Å². The minimum absolute atomic E-state index is 0.0484. The molecule has 0 radical (unpaired) electrons. The summed E-state index contributed by atoms with van der Waals surface area (Å²) in [5.74, 6) is -1.23. The lowest BCUT2D eigenvalue weighted by molar-refractivity contribution is -0.163. The Bertz CT molecular complexity index is 577. The maximum atomic E-state index is 11.9. The van der Waals surface area contributed by atoms with Crippen molar-refractivity contribution in [3.05, 3.63) is 0 Å². The number of thioether (sulfide) groups is 1. The molecular weight excluding hydrogens is 386 g/mol. The lowest BCUT2D eigenvalue weighted by Gasteiger charge is -2.41. The van der Waals surface area contributed by atoms with Crippen molar-refractivity contribution in [3.63, 3.8) is 0 Å². The first-order chi connectivity index (χ1) is 12.2. The lowest BCUT2D eigenvalue weighted by Crippen LogP contribution is -2.54. The Hall–Kier alpha value is -1.06. The van der Waals surface area contributed by atoms with Crippen LogP contribution in [0.15, 0.2) is 0 Å². The van der Waals surface area contributed by atoms with Gasteiger partial charge in [0.05, 0.1) is 17.4 Å². The second kappa shape index (κ2) is 8.96. The molecule has 0 saturated heterocycles. The van der Waals surface area contributed by atoms with E-state index in [1.165, 1.54) is 32.5 Å². The van der Waals surface area contributed by atoms with E-state index < -0.39 is 44.6 Å². The first kappa shape index (κ1) is 24.0. The molecule has 0 spiro atoms. The van der Waals surface area contributed by atoms with Crippen molar-refractivity contribution >= 4 is 37.9 Å². The molecule has 0 unspecified atom stereocenters. The molecule has 1 N–H and O–H groups in total. The molecule has 1 fully saturated rings. The highest BCUT2D eigenvalue weighted by Crippen LogP contribution is 2.43. The van der Waals surface area contributed by atoms with Gasteiger partial charge in [0.15, 0.2) is 20.5 Å². The highest BCUT2D eigenvalue weighted by Gasteiger charge is 2.57. The van der Waals surface area contributed by atoms with E-state index in [-0.39, 0.29) is 16.2 Å². The summed E-state index contributed by atoms with van der Waals surface area (Å²) in [5.41, 5.74) is 0. The Balaban J connectivity index is 3.37. The van der Waals surface area contributed by atoms with Gasteiger partial charge in [-0.15, -0.1) is 0 Å². The van der Waals surface area contributed by atoms with Gasteiger partial charge in [0, 0.05) is 20.8 Å². The number of esters is 2. The standard InChI is InChI=1S/C18H33NO6SSi/c1-10(20)19-13-14(23-11(2)21)16(24-12(3)22)17(26-7)15(13)25-27(8,9)18(4,5)6/h13-17H,1-9H3,(H,19,20)/t13-,14+,15-,16+,17+/m1/s1. The van der Waals surface area contributed by atoms with Crippen molar-refractivity contribution in [1.29, 1.82) is 0 Å². The third-order valence-corrected chi connectivity index (χ3v) is 10.7. The van der Waals surface area contributed by atoms with Crippen LogP contribution in [0, 0.1) is 0 Å². The first-order valence-corrected chi connectivity index (χ1v) is 13.2. The summed E-state index contributed by atoms with van der Waals surface area (Å²) in [6.07, 6.45) is -0.0570. The van der Waals surface area contributed by atoms with Gasteiger partial charge in [0.2, 0.25) is 5.91 Å². The van der Waals surface area contributed by atoms with Crippen molar-refractivity contribution in [2.45, 2.75) is 89.3 Å². The monoisotopic (exact) mass is 419 g/mol. The molecule has 0 aliphatic heterocycles. The molecule has 156 valence electrons. The fourth-order valence-corrected chi connectivity index (χ4v) is 5.35. The topological polar surface area (TPSA) is 90.9 Å². The molecule has 0 aromatic rings. The van der Waals surface area contributed by atoms with Crippen LogP contribution in [0.1, 0.15) is 41.5 Å². The van der Waals surface area contributed by atoms with Crippen LogP contribution in [0.25, 0.3) is 0 Å². The molecule has 0 bridgehead atoms. The van der Waals surface area contributed by atoms with Gasteiger partial charge in [-0.1, -0.05) is 20.8 Å². The molecule has 9 heteroatoms. The fraction of sp³-hybridized carbons (Fsp3) is 0.833. The highest BCUT2D eigenvalue weighted by molar-refractivity contribution is 7.99.